The van der Waals surface area contributed by atoms with E-state index in [0.717, 1.165) is 29.7 Å². The molecule has 1 heterocycles. The first-order chi connectivity index (χ1) is 14.8. The number of hydrogen-bond donors (Lipinski definition) is 0. The predicted octanol–water partition coefficient (Wildman–Crippen LogP) is 4.96. The van der Waals surface area contributed by atoms with E-state index in [0.29, 0.717) is 29.2 Å². The zero-order valence-corrected chi connectivity index (χ0v) is 19.1. The van der Waals surface area contributed by atoms with E-state index in [4.69, 9.17) is 4.98 Å². The highest BCUT2D eigenvalue weighted by Crippen LogP contribution is 2.35. The number of benzene rings is 2. The quantitative estimate of drug-likeness (QED) is 0.570. The van der Waals surface area contributed by atoms with Crippen LogP contribution in [0.25, 0.3) is 16.6 Å². The average Bonchev–Trinajstić information content (AvgIpc) is 3.58. The molecular weight excluding hydrogens is 386 g/mol. The molecule has 31 heavy (non-hydrogen) atoms. The van der Waals surface area contributed by atoms with Gasteiger partial charge in [0.15, 0.2) is 0 Å². The van der Waals surface area contributed by atoms with Crippen molar-refractivity contribution >= 4 is 16.8 Å². The maximum atomic E-state index is 13.7. The minimum atomic E-state index is -0.312. The lowest BCUT2D eigenvalue weighted by molar-refractivity contribution is -0.135. The lowest BCUT2D eigenvalue weighted by Crippen LogP contribution is -2.40. The topological polar surface area (TPSA) is 55.2 Å². The summed E-state index contributed by atoms with van der Waals surface area (Å²) in [6.45, 7) is 10.9. The number of carbonyl (C=O) groups is 1. The largest absolute Gasteiger partial charge is 0.332 e. The molecule has 0 N–H and O–H groups in total. The Bertz CT molecular complexity index is 1190. The molecule has 5 nitrogen and oxygen atoms in total. The molecule has 1 unspecified atom stereocenters. The number of para-hydroxylation sites is 1. The Kier molecular flexibility index (Phi) is 5.69. The summed E-state index contributed by atoms with van der Waals surface area (Å²) in [5.74, 6) is 1.23. The van der Waals surface area contributed by atoms with Crippen LogP contribution in [0.5, 0.6) is 0 Å². The van der Waals surface area contributed by atoms with Gasteiger partial charge in [-0.3, -0.25) is 14.2 Å². The lowest BCUT2D eigenvalue weighted by atomic mass is 10.1. The van der Waals surface area contributed by atoms with Crippen molar-refractivity contribution in [3.63, 3.8) is 0 Å². The highest BCUT2D eigenvalue weighted by atomic mass is 16.2. The van der Waals surface area contributed by atoms with Crippen molar-refractivity contribution in [2.24, 2.45) is 11.8 Å². The summed E-state index contributed by atoms with van der Waals surface area (Å²) >= 11 is 0. The van der Waals surface area contributed by atoms with E-state index in [-0.39, 0.29) is 23.4 Å². The molecular formula is C26H31N3O2. The third-order valence-electron chi connectivity index (χ3n) is 6.02. The molecule has 5 heteroatoms. The fourth-order valence-corrected chi connectivity index (χ4v) is 4.16. The number of amides is 1. The van der Waals surface area contributed by atoms with Crippen LogP contribution in [0.4, 0.5) is 0 Å². The molecule has 1 aromatic heterocycles. The van der Waals surface area contributed by atoms with Crippen molar-refractivity contribution < 1.29 is 4.79 Å². The minimum absolute atomic E-state index is 0.0930. The summed E-state index contributed by atoms with van der Waals surface area (Å²) in [5.41, 5.74) is 3.48. The summed E-state index contributed by atoms with van der Waals surface area (Å²) in [6, 6.07) is 13.2. The van der Waals surface area contributed by atoms with Crippen molar-refractivity contribution in [1.82, 2.24) is 14.5 Å². The second-order valence-corrected chi connectivity index (χ2v) is 9.25. The molecule has 1 atom stereocenters. The summed E-state index contributed by atoms with van der Waals surface area (Å²) in [6.07, 6.45) is 1.91. The molecule has 0 saturated heterocycles. The van der Waals surface area contributed by atoms with Gasteiger partial charge in [0.25, 0.3) is 5.56 Å². The first kappa shape index (κ1) is 21.3. The summed E-state index contributed by atoms with van der Waals surface area (Å²) in [4.78, 5) is 33.8. The van der Waals surface area contributed by atoms with Crippen LogP contribution in [0, 0.1) is 25.7 Å². The van der Waals surface area contributed by atoms with Crippen molar-refractivity contribution in [3.05, 3.63) is 69.8 Å². The van der Waals surface area contributed by atoms with Crippen LogP contribution in [0.3, 0.4) is 0 Å². The molecule has 162 valence electrons. The highest BCUT2D eigenvalue weighted by molar-refractivity contribution is 5.82. The molecule has 2 aromatic carbocycles. The first-order valence-electron chi connectivity index (χ1n) is 11.2. The molecule has 1 amide bonds. The van der Waals surface area contributed by atoms with Gasteiger partial charge >= 0.3 is 0 Å². The average molecular weight is 418 g/mol. The number of carbonyl (C=O) groups excluding carboxylic acids is 1. The lowest BCUT2D eigenvalue weighted by Gasteiger charge is -2.32. The smallest absolute Gasteiger partial charge is 0.266 e. The zero-order valence-electron chi connectivity index (χ0n) is 19.1. The Labute approximate surface area is 183 Å². The van der Waals surface area contributed by atoms with Gasteiger partial charge in [0.05, 0.1) is 22.6 Å². The van der Waals surface area contributed by atoms with Crippen LogP contribution < -0.4 is 5.56 Å². The van der Waals surface area contributed by atoms with E-state index in [1.807, 2.05) is 68.1 Å². The fraction of sp³-hybridized carbons (Fsp3) is 0.423. The van der Waals surface area contributed by atoms with Crippen molar-refractivity contribution in [1.29, 1.82) is 0 Å². The van der Waals surface area contributed by atoms with E-state index >= 15 is 0 Å². The molecule has 0 spiro atoms. The maximum Gasteiger partial charge on any atom is 0.266 e. The molecule has 1 aliphatic carbocycles. The minimum Gasteiger partial charge on any atom is -0.332 e. The van der Waals surface area contributed by atoms with Gasteiger partial charge in [-0.2, -0.15) is 0 Å². The van der Waals surface area contributed by atoms with E-state index in [2.05, 4.69) is 13.8 Å². The Morgan fingerprint density at radius 3 is 2.52 bits per heavy atom. The molecule has 0 radical (unpaired) electrons. The monoisotopic (exact) mass is 417 g/mol. The number of aryl methyl sites for hydroxylation is 2. The third-order valence-corrected chi connectivity index (χ3v) is 6.02. The van der Waals surface area contributed by atoms with E-state index in [9.17, 15) is 9.59 Å². The second-order valence-electron chi connectivity index (χ2n) is 9.25. The van der Waals surface area contributed by atoms with E-state index in [1.165, 1.54) is 0 Å². The Balaban J connectivity index is 1.96. The maximum absolute atomic E-state index is 13.7. The van der Waals surface area contributed by atoms with Gasteiger partial charge in [-0.15, -0.1) is 0 Å². The summed E-state index contributed by atoms with van der Waals surface area (Å²) < 4.78 is 1.73. The first-order valence-corrected chi connectivity index (χ1v) is 11.2. The molecule has 4 rings (SSSR count). The number of fused-ring (bicyclic) bond motifs is 1. The fourth-order valence-electron chi connectivity index (χ4n) is 4.16. The Hall–Kier alpha value is -2.95. The number of hydrogen-bond acceptors (Lipinski definition) is 3. The van der Waals surface area contributed by atoms with Crippen molar-refractivity contribution in [2.75, 3.05) is 6.54 Å². The Morgan fingerprint density at radius 2 is 1.84 bits per heavy atom. The summed E-state index contributed by atoms with van der Waals surface area (Å²) in [7, 11) is 0. The van der Waals surface area contributed by atoms with Crippen molar-refractivity contribution in [2.45, 2.75) is 53.5 Å². The van der Waals surface area contributed by atoms with Gasteiger partial charge in [-0.25, -0.2) is 4.98 Å². The van der Waals surface area contributed by atoms with Gasteiger partial charge in [-0.05, 0) is 68.9 Å². The SMILES string of the molecule is Cc1ccc(C)c(-n2c(C(C)N(CC(C)C)C(=O)C3CC3)nc3ccccc3c2=O)c1. The van der Waals surface area contributed by atoms with E-state index < -0.39 is 0 Å². The van der Waals surface area contributed by atoms with Gasteiger partial charge in [0.1, 0.15) is 5.82 Å². The standard InChI is InChI=1S/C26H31N3O2/c1-16(2)15-28(25(30)20-12-13-20)19(5)24-27-22-9-7-6-8-21(22)26(31)29(24)23-14-17(3)10-11-18(23)4/h6-11,14,16,19-20H,12-13,15H2,1-5H3. The predicted molar refractivity (Wildman–Crippen MR) is 125 cm³/mol. The molecule has 0 bridgehead atoms. The normalized spacial score (nSPS) is 14.8. The molecule has 1 saturated carbocycles. The van der Waals surface area contributed by atoms with Gasteiger partial charge < -0.3 is 4.90 Å². The Morgan fingerprint density at radius 1 is 1.13 bits per heavy atom. The number of rotatable bonds is 6. The van der Waals surface area contributed by atoms with E-state index in [1.54, 1.807) is 4.57 Å². The van der Waals surface area contributed by atoms with Gasteiger partial charge in [0.2, 0.25) is 5.91 Å². The molecule has 3 aromatic rings. The van der Waals surface area contributed by atoms with Crippen LogP contribution in [-0.2, 0) is 4.79 Å². The molecule has 1 aliphatic rings. The zero-order chi connectivity index (χ0) is 22.3. The van der Waals surface area contributed by atoms with Crippen molar-refractivity contribution in [3.8, 4) is 5.69 Å². The third kappa shape index (κ3) is 4.14. The van der Waals surface area contributed by atoms with Gasteiger partial charge in [0, 0.05) is 12.5 Å². The van der Waals surface area contributed by atoms with Crippen LogP contribution in [0.1, 0.15) is 56.6 Å². The van der Waals surface area contributed by atoms with Gasteiger partial charge in [-0.1, -0.05) is 38.1 Å². The van der Waals surface area contributed by atoms with Crippen LogP contribution in [-0.4, -0.2) is 26.9 Å². The number of nitrogens with zero attached hydrogens (tertiary/aromatic N) is 3. The summed E-state index contributed by atoms with van der Waals surface area (Å²) in [5, 5.41) is 0.586. The second kappa shape index (κ2) is 8.29. The molecule has 1 fully saturated rings. The number of aromatic nitrogens is 2. The van der Waals surface area contributed by atoms with Crippen LogP contribution in [0.15, 0.2) is 47.3 Å². The highest BCUT2D eigenvalue weighted by Gasteiger charge is 2.37. The molecule has 0 aliphatic heterocycles. The van der Waals surface area contributed by atoms with Crippen LogP contribution >= 0.6 is 0 Å². The van der Waals surface area contributed by atoms with Crippen LogP contribution in [0.2, 0.25) is 0 Å².